The van der Waals surface area contributed by atoms with E-state index in [1.807, 2.05) is 85.0 Å². The standard InChI is InChI=1S/C24H22O2/c1(9-19-25-21-11-17-23-13-5-3-6-14-23)2-10-20-26-22-12-18-24-15-7-4-8-16-24/h3-8,11-18H,19-22H2/b17-11-,18-12-. The summed E-state index contributed by atoms with van der Waals surface area (Å²) in [5.41, 5.74) is 2.32. The first-order chi connectivity index (χ1) is 12.9. The van der Waals surface area contributed by atoms with Crippen LogP contribution in [0.3, 0.4) is 0 Å². The molecule has 0 bridgehead atoms. The van der Waals surface area contributed by atoms with Crippen LogP contribution in [0, 0.1) is 23.7 Å². The van der Waals surface area contributed by atoms with E-state index in [1.165, 1.54) is 0 Å². The fraction of sp³-hybridized carbons (Fsp3) is 0.167. The van der Waals surface area contributed by atoms with Gasteiger partial charge in [0.15, 0.2) is 0 Å². The van der Waals surface area contributed by atoms with E-state index in [1.54, 1.807) is 0 Å². The maximum Gasteiger partial charge on any atom is 0.109 e. The summed E-state index contributed by atoms with van der Waals surface area (Å²) in [4.78, 5) is 0. The summed E-state index contributed by atoms with van der Waals surface area (Å²) in [6, 6.07) is 20.2. The summed E-state index contributed by atoms with van der Waals surface area (Å²) < 4.78 is 10.8. The molecule has 0 aliphatic carbocycles. The van der Waals surface area contributed by atoms with Crippen molar-refractivity contribution in [3.8, 4) is 23.7 Å². The first-order valence-electron chi connectivity index (χ1n) is 8.49. The van der Waals surface area contributed by atoms with E-state index in [0.717, 1.165) is 11.1 Å². The highest BCUT2D eigenvalue weighted by Gasteiger charge is 1.83. The molecule has 0 heterocycles. The Morgan fingerprint density at radius 2 is 1.04 bits per heavy atom. The average Bonchev–Trinajstić information content (AvgIpc) is 2.70. The van der Waals surface area contributed by atoms with Gasteiger partial charge >= 0.3 is 0 Å². The van der Waals surface area contributed by atoms with Crippen LogP contribution in [0.5, 0.6) is 0 Å². The van der Waals surface area contributed by atoms with Gasteiger partial charge in [-0.3, -0.25) is 0 Å². The van der Waals surface area contributed by atoms with E-state index in [2.05, 4.69) is 23.7 Å². The molecule has 2 aromatic carbocycles. The van der Waals surface area contributed by atoms with Crippen LogP contribution in [0.4, 0.5) is 0 Å². The Hall–Kier alpha value is -3.04. The van der Waals surface area contributed by atoms with Crippen molar-refractivity contribution in [1.82, 2.24) is 0 Å². The van der Waals surface area contributed by atoms with Crippen molar-refractivity contribution in [2.45, 2.75) is 0 Å². The molecule has 0 fully saturated rings. The maximum atomic E-state index is 5.39. The Balaban J connectivity index is 1.50. The van der Waals surface area contributed by atoms with Crippen molar-refractivity contribution >= 4 is 12.2 Å². The van der Waals surface area contributed by atoms with Gasteiger partial charge in [0.05, 0.1) is 13.2 Å². The smallest absolute Gasteiger partial charge is 0.109 e. The van der Waals surface area contributed by atoms with Gasteiger partial charge in [0, 0.05) is 0 Å². The van der Waals surface area contributed by atoms with Gasteiger partial charge in [0.1, 0.15) is 13.2 Å². The third-order valence-electron chi connectivity index (χ3n) is 3.24. The van der Waals surface area contributed by atoms with E-state index in [-0.39, 0.29) is 0 Å². The SMILES string of the molecule is C(C#CCOC/C=C\c1ccccc1)#CCOC/C=C\c1ccccc1. The summed E-state index contributed by atoms with van der Waals surface area (Å²) >= 11 is 0. The molecule has 0 saturated carbocycles. The molecule has 0 unspecified atom stereocenters. The molecule has 130 valence electrons. The van der Waals surface area contributed by atoms with Crippen LogP contribution in [0.25, 0.3) is 12.2 Å². The highest BCUT2D eigenvalue weighted by atomic mass is 16.5. The van der Waals surface area contributed by atoms with Gasteiger partial charge in [-0.2, -0.15) is 0 Å². The topological polar surface area (TPSA) is 18.5 Å². The number of hydrogen-bond acceptors (Lipinski definition) is 2. The lowest BCUT2D eigenvalue weighted by Crippen LogP contribution is -1.91. The monoisotopic (exact) mass is 342 g/mol. The molecule has 0 radical (unpaired) electrons. The van der Waals surface area contributed by atoms with Crippen LogP contribution in [0.1, 0.15) is 11.1 Å². The molecule has 0 aliphatic rings. The summed E-state index contributed by atoms with van der Waals surface area (Å²) in [6.07, 6.45) is 7.99. The zero-order chi connectivity index (χ0) is 18.1. The predicted octanol–water partition coefficient (Wildman–Crippen LogP) is 4.45. The zero-order valence-corrected chi connectivity index (χ0v) is 14.7. The molecule has 0 amide bonds. The van der Waals surface area contributed by atoms with Gasteiger partial charge in [-0.15, -0.1) is 0 Å². The summed E-state index contributed by atoms with van der Waals surface area (Å²) in [6.45, 7) is 1.81. The van der Waals surface area contributed by atoms with Crippen molar-refractivity contribution in [2.75, 3.05) is 26.4 Å². The van der Waals surface area contributed by atoms with Crippen molar-refractivity contribution < 1.29 is 9.47 Å². The highest BCUT2D eigenvalue weighted by Crippen LogP contribution is 2.01. The molecule has 26 heavy (non-hydrogen) atoms. The lowest BCUT2D eigenvalue weighted by molar-refractivity contribution is 0.199. The van der Waals surface area contributed by atoms with Crippen molar-refractivity contribution in [1.29, 1.82) is 0 Å². The van der Waals surface area contributed by atoms with Gasteiger partial charge in [-0.25, -0.2) is 0 Å². The number of benzene rings is 2. The van der Waals surface area contributed by atoms with E-state index in [9.17, 15) is 0 Å². The number of rotatable bonds is 8. The molecule has 2 nitrogen and oxygen atoms in total. The molecule has 0 aliphatic heterocycles. The van der Waals surface area contributed by atoms with Crippen molar-refractivity contribution in [3.63, 3.8) is 0 Å². The fourth-order valence-corrected chi connectivity index (χ4v) is 2.01. The molecule has 2 rings (SSSR count). The molecule has 0 N–H and O–H groups in total. The van der Waals surface area contributed by atoms with E-state index >= 15 is 0 Å². The minimum absolute atomic E-state index is 0.370. The quantitative estimate of drug-likeness (QED) is 0.521. The van der Waals surface area contributed by atoms with Gasteiger partial charge < -0.3 is 9.47 Å². The van der Waals surface area contributed by atoms with Crippen LogP contribution in [-0.4, -0.2) is 26.4 Å². The lowest BCUT2D eigenvalue weighted by atomic mass is 10.2. The van der Waals surface area contributed by atoms with Crippen LogP contribution in [0.2, 0.25) is 0 Å². The Morgan fingerprint density at radius 3 is 1.46 bits per heavy atom. The summed E-state index contributed by atoms with van der Waals surface area (Å²) in [5, 5.41) is 0. The Labute approximate surface area is 156 Å². The first-order valence-corrected chi connectivity index (χ1v) is 8.49. The maximum absolute atomic E-state index is 5.39. The number of ether oxygens (including phenoxy) is 2. The minimum atomic E-state index is 0.370. The molecule has 2 aromatic rings. The van der Waals surface area contributed by atoms with Gasteiger partial charge in [-0.1, -0.05) is 96.8 Å². The van der Waals surface area contributed by atoms with E-state index in [4.69, 9.17) is 9.47 Å². The van der Waals surface area contributed by atoms with Crippen LogP contribution in [-0.2, 0) is 9.47 Å². The van der Waals surface area contributed by atoms with Gasteiger partial charge in [0.25, 0.3) is 0 Å². The molecular formula is C24H22O2. The fourth-order valence-electron chi connectivity index (χ4n) is 2.01. The summed E-state index contributed by atoms with van der Waals surface area (Å²) in [5.74, 6) is 11.2. The van der Waals surface area contributed by atoms with Crippen LogP contribution in [0.15, 0.2) is 72.8 Å². The third-order valence-corrected chi connectivity index (χ3v) is 3.24. The number of hydrogen-bond donors (Lipinski definition) is 0. The Kier molecular flexibility index (Phi) is 9.85. The molecule has 0 spiro atoms. The van der Waals surface area contributed by atoms with Crippen LogP contribution >= 0.6 is 0 Å². The van der Waals surface area contributed by atoms with Gasteiger partial charge in [0.2, 0.25) is 0 Å². The Bertz CT molecular complexity index is 726. The van der Waals surface area contributed by atoms with E-state index in [0.29, 0.717) is 26.4 Å². The van der Waals surface area contributed by atoms with Crippen molar-refractivity contribution in [2.24, 2.45) is 0 Å². The lowest BCUT2D eigenvalue weighted by Gasteiger charge is -1.93. The molecule has 0 atom stereocenters. The normalized spacial score (nSPS) is 10.3. The largest absolute Gasteiger partial charge is 0.365 e. The molecular weight excluding hydrogens is 320 g/mol. The molecule has 0 aromatic heterocycles. The second-order valence-electron chi connectivity index (χ2n) is 5.26. The van der Waals surface area contributed by atoms with Gasteiger partial charge in [-0.05, 0) is 23.0 Å². The Morgan fingerprint density at radius 1 is 0.615 bits per heavy atom. The third kappa shape index (κ3) is 9.30. The predicted molar refractivity (Wildman–Crippen MR) is 108 cm³/mol. The molecule has 0 saturated heterocycles. The zero-order valence-electron chi connectivity index (χ0n) is 14.7. The van der Waals surface area contributed by atoms with Crippen molar-refractivity contribution in [3.05, 3.63) is 83.9 Å². The second-order valence-corrected chi connectivity index (χ2v) is 5.26. The first kappa shape index (κ1) is 19.3. The second kappa shape index (κ2) is 13.3. The average molecular weight is 342 g/mol. The summed E-state index contributed by atoms with van der Waals surface area (Å²) in [7, 11) is 0. The van der Waals surface area contributed by atoms with E-state index < -0.39 is 0 Å². The van der Waals surface area contributed by atoms with Crippen LogP contribution < -0.4 is 0 Å². The highest BCUT2D eigenvalue weighted by molar-refractivity contribution is 5.49. The minimum Gasteiger partial charge on any atom is -0.365 e. The molecule has 2 heteroatoms.